The first-order valence-electron chi connectivity index (χ1n) is 6.76. The van der Waals surface area contributed by atoms with E-state index in [1.54, 1.807) is 24.3 Å². The lowest BCUT2D eigenvalue weighted by Gasteiger charge is -2.11. The number of carbonyl (C=O) groups excluding carboxylic acids is 2. The molecule has 0 fully saturated rings. The summed E-state index contributed by atoms with van der Waals surface area (Å²) in [6.07, 6.45) is 3.46. The Bertz CT molecular complexity index is 759. The lowest BCUT2D eigenvalue weighted by molar-refractivity contribution is -0.132. The molecule has 0 saturated carbocycles. The van der Waals surface area contributed by atoms with Crippen molar-refractivity contribution < 1.29 is 19.1 Å². The quantitative estimate of drug-likeness (QED) is 0.210. The fraction of sp³-hybridized carbons (Fsp3) is 0.188. The number of benzene rings is 1. The molecule has 1 heterocycles. The Labute approximate surface area is 162 Å². The molecule has 2 rings (SSSR count). The van der Waals surface area contributed by atoms with Crippen molar-refractivity contribution in [2.45, 2.75) is 6.92 Å². The van der Waals surface area contributed by atoms with E-state index in [0.717, 1.165) is 17.3 Å². The van der Waals surface area contributed by atoms with E-state index in [1.807, 2.05) is 0 Å². The van der Waals surface area contributed by atoms with Gasteiger partial charge in [0.25, 0.3) is 0 Å². The van der Waals surface area contributed by atoms with Gasteiger partial charge < -0.3 is 9.47 Å². The Morgan fingerprint density at radius 3 is 2.88 bits per heavy atom. The number of hydrogen-bond donors (Lipinski definition) is 0. The average Bonchev–Trinajstić information content (AvgIpc) is 2.87. The molecule has 0 bridgehead atoms. The number of methoxy groups -OCH3 is 1. The van der Waals surface area contributed by atoms with Crippen LogP contribution < -0.4 is 9.47 Å². The lowest BCUT2D eigenvalue weighted by atomic mass is 10.1. The van der Waals surface area contributed by atoms with Gasteiger partial charge in [0.1, 0.15) is 10.1 Å². The molecule has 1 aliphatic heterocycles. The minimum Gasteiger partial charge on any atom is -0.493 e. The maximum atomic E-state index is 12.0. The molecule has 126 valence electrons. The van der Waals surface area contributed by atoms with Gasteiger partial charge in [-0.3, -0.25) is 9.59 Å². The van der Waals surface area contributed by atoms with Gasteiger partial charge in [-0.05, 0) is 58.1 Å². The summed E-state index contributed by atoms with van der Waals surface area (Å²) >= 11 is 4.64. The van der Waals surface area contributed by atoms with Crippen LogP contribution in [0.4, 0.5) is 0 Å². The van der Waals surface area contributed by atoms with Crippen molar-refractivity contribution in [2.24, 2.45) is 4.99 Å². The number of halogens is 1. The van der Waals surface area contributed by atoms with Crippen LogP contribution in [-0.2, 0) is 9.59 Å². The number of thioether (sulfide) groups is 2. The van der Waals surface area contributed by atoms with Gasteiger partial charge in [0.15, 0.2) is 11.5 Å². The summed E-state index contributed by atoms with van der Waals surface area (Å²) in [5.74, 6) is 1.07. The zero-order valence-corrected chi connectivity index (χ0v) is 16.8. The first-order chi connectivity index (χ1) is 11.4. The van der Waals surface area contributed by atoms with Crippen LogP contribution in [0, 0.1) is 3.57 Å². The zero-order chi connectivity index (χ0) is 17.7. The van der Waals surface area contributed by atoms with Crippen LogP contribution in [0.5, 0.6) is 11.5 Å². The Balaban J connectivity index is 2.34. The monoisotopic (exact) mass is 475 g/mol. The molecule has 24 heavy (non-hydrogen) atoms. The minimum absolute atomic E-state index is 0.0976. The third-order valence-corrected chi connectivity index (χ3v) is 5.53. The number of esters is 1. The summed E-state index contributed by atoms with van der Waals surface area (Å²) in [5, 5.41) is -0.0976. The largest absolute Gasteiger partial charge is 0.493 e. The van der Waals surface area contributed by atoms with Crippen LogP contribution >= 0.6 is 46.1 Å². The molecule has 1 aliphatic rings. The van der Waals surface area contributed by atoms with E-state index < -0.39 is 5.97 Å². The molecule has 5 nitrogen and oxygen atoms in total. The molecule has 0 aromatic heterocycles. The molecule has 0 aliphatic carbocycles. The minimum atomic E-state index is -0.423. The van der Waals surface area contributed by atoms with Gasteiger partial charge in [-0.2, -0.15) is 0 Å². The van der Waals surface area contributed by atoms with Crippen LogP contribution in [0.1, 0.15) is 12.5 Å². The van der Waals surface area contributed by atoms with E-state index in [4.69, 9.17) is 9.47 Å². The first-order valence-corrected chi connectivity index (χ1v) is 9.65. The van der Waals surface area contributed by atoms with Gasteiger partial charge >= 0.3 is 5.97 Å². The molecule has 0 atom stereocenters. The van der Waals surface area contributed by atoms with Gasteiger partial charge in [-0.25, -0.2) is 4.99 Å². The molecule has 1 aromatic carbocycles. The lowest BCUT2D eigenvalue weighted by Crippen LogP contribution is -2.05. The molecule has 8 heteroatoms. The van der Waals surface area contributed by atoms with Crippen LogP contribution in [0.3, 0.4) is 0 Å². The van der Waals surface area contributed by atoms with Gasteiger partial charge in [-0.1, -0.05) is 17.8 Å². The summed E-state index contributed by atoms with van der Waals surface area (Å²) in [6.45, 7) is 4.98. The van der Waals surface area contributed by atoms with E-state index in [-0.39, 0.29) is 5.12 Å². The van der Waals surface area contributed by atoms with Crippen LogP contribution in [0.15, 0.2) is 35.5 Å². The maximum absolute atomic E-state index is 12.0. The topological polar surface area (TPSA) is 65.0 Å². The van der Waals surface area contributed by atoms with Crippen LogP contribution in [-0.4, -0.2) is 28.3 Å². The Morgan fingerprint density at radius 1 is 1.50 bits per heavy atom. The number of aliphatic imine (C=N–C) groups is 1. The predicted molar refractivity (Wildman–Crippen MR) is 108 cm³/mol. The molecule has 1 aromatic rings. The Hall–Kier alpha value is -1.26. The average molecular weight is 475 g/mol. The van der Waals surface area contributed by atoms with E-state index in [1.165, 1.54) is 25.8 Å². The van der Waals surface area contributed by atoms with Crippen molar-refractivity contribution in [3.8, 4) is 11.5 Å². The van der Waals surface area contributed by atoms with Gasteiger partial charge in [0.05, 0.1) is 10.7 Å². The van der Waals surface area contributed by atoms with E-state index in [0.29, 0.717) is 30.9 Å². The molecular weight excluding hydrogens is 461 g/mol. The highest BCUT2D eigenvalue weighted by molar-refractivity contribution is 14.1. The smallest absolute Gasteiger partial charge is 0.308 e. The SMILES string of the molecule is C=CCSC1=N/C(=C/c2cc(I)c(OC(C)=O)c(OC)c2)C(=O)S1. The third kappa shape index (κ3) is 4.87. The molecule has 0 radical (unpaired) electrons. The van der Waals surface area contributed by atoms with Crippen LogP contribution in [0.2, 0.25) is 0 Å². The van der Waals surface area contributed by atoms with E-state index in [9.17, 15) is 9.59 Å². The number of hydrogen-bond acceptors (Lipinski definition) is 7. The first kappa shape index (κ1) is 19.1. The maximum Gasteiger partial charge on any atom is 0.308 e. The highest BCUT2D eigenvalue weighted by atomic mass is 127. The Kier molecular flexibility index (Phi) is 6.93. The van der Waals surface area contributed by atoms with Crippen LogP contribution in [0.25, 0.3) is 6.08 Å². The molecule has 0 saturated heterocycles. The van der Waals surface area contributed by atoms with E-state index >= 15 is 0 Å². The standard InChI is InChI=1S/C16H14INO4S2/c1-4-5-23-16-18-12(15(20)24-16)7-10-6-11(17)14(22-9(2)19)13(8-10)21-3/h4,6-8H,1,5H2,2-3H3/b12-7+. The molecule has 0 N–H and O–H groups in total. The van der Waals surface area contributed by atoms with Gasteiger partial charge in [0, 0.05) is 12.7 Å². The Morgan fingerprint density at radius 2 is 2.25 bits per heavy atom. The summed E-state index contributed by atoms with van der Waals surface area (Å²) in [6, 6.07) is 3.51. The van der Waals surface area contributed by atoms with Crippen molar-refractivity contribution in [3.05, 3.63) is 39.6 Å². The second kappa shape index (κ2) is 8.72. The molecular formula is C16H14INO4S2. The highest BCUT2D eigenvalue weighted by Crippen LogP contribution is 2.36. The number of rotatable bonds is 5. The van der Waals surface area contributed by atoms with E-state index in [2.05, 4.69) is 34.2 Å². The molecule has 0 amide bonds. The summed E-state index contributed by atoms with van der Waals surface area (Å²) < 4.78 is 11.9. The van der Waals surface area contributed by atoms with Crippen molar-refractivity contribution in [1.82, 2.24) is 0 Å². The van der Waals surface area contributed by atoms with Crippen molar-refractivity contribution in [1.29, 1.82) is 0 Å². The normalized spacial score (nSPS) is 15.4. The zero-order valence-electron chi connectivity index (χ0n) is 13.0. The number of nitrogens with zero attached hydrogens (tertiary/aromatic N) is 1. The number of ether oxygens (including phenoxy) is 2. The van der Waals surface area contributed by atoms with Crippen molar-refractivity contribution in [3.63, 3.8) is 0 Å². The number of carbonyl (C=O) groups is 2. The fourth-order valence-electron chi connectivity index (χ4n) is 1.81. The highest BCUT2D eigenvalue weighted by Gasteiger charge is 2.22. The second-order valence-corrected chi connectivity index (χ2v) is 7.92. The van der Waals surface area contributed by atoms with Crippen molar-refractivity contribution in [2.75, 3.05) is 12.9 Å². The molecule has 0 spiro atoms. The fourth-order valence-corrected chi connectivity index (χ4v) is 4.14. The van der Waals surface area contributed by atoms with Gasteiger partial charge in [-0.15, -0.1) is 6.58 Å². The third-order valence-electron chi connectivity index (χ3n) is 2.73. The van der Waals surface area contributed by atoms with Gasteiger partial charge in [0.2, 0.25) is 5.12 Å². The van der Waals surface area contributed by atoms with Crippen molar-refractivity contribution >= 4 is 67.7 Å². The summed E-state index contributed by atoms with van der Waals surface area (Å²) in [4.78, 5) is 27.6. The molecule has 0 unspecified atom stereocenters. The predicted octanol–water partition coefficient (Wildman–Crippen LogP) is 4.11. The summed E-state index contributed by atoms with van der Waals surface area (Å²) in [5.41, 5.74) is 1.12. The summed E-state index contributed by atoms with van der Waals surface area (Å²) in [7, 11) is 1.49. The second-order valence-electron chi connectivity index (χ2n) is 4.52.